The maximum atomic E-state index is 3.43. The van der Waals surface area contributed by atoms with Gasteiger partial charge >= 0.3 is 0 Å². The van der Waals surface area contributed by atoms with Crippen molar-refractivity contribution in [1.29, 1.82) is 0 Å². The van der Waals surface area contributed by atoms with E-state index in [0.29, 0.717) is 5.41 Å². The predicted octanol–water partition coefficient (Wildman–Crippen LogP) is 4.69. The van der Waals surface area contributed by atoms with Gasteiger partial charge in [-0.05, 0) is 62.0 Å². The van der Waals surface area contributed by atoms with Crippen LogP contribution in [-0.2, 0) is 0 Å². The molecule has 70 valence electrons. The molecule has 0 N–H and O–H groups in total. The third-order valence-electron chi connectivity index (χ3n) is 3.46. The Labute approximate surface area is 92.1 Å². The third kappa shape index (κ3) is 2.14. The van der Waals surface area contributed by atoms with E-state index >= 15 is 0 Å². The van der Waals surface area contributed by atoms with Gasteiger partial charge in [0.15, 0.2) is 0 Å². The van der Waals surface area contributed by atoms with E-state index < -0.39 is 0 Å². The van der Waals surface area contributed by atoms with Gasteiger partial charge in [-0.3, -0.25) is 0 Å². The van der Waals surface area contributed by atoms with Crippen LogP contribution in [0.2, 0.25) is 0 Å². The average Bonchev–Trinajstić information content (AvgIpc) is 2.15. The van der Waals surface area contributed by atoms with Crippen molar-refractivity contribution in [2.75, 3.05) is 0 Å². The zero-order valence-electron chi connectivity index (χ0n) is 7.90. The Bertz CT molecular complexity index is 190. The summed E-state index contributed by atoms with van der Waals surface area (Å²) < 4.78 is 1.10. The Balaban J connectivity index is 2.75. The molecule has 0 radical (unpaired) electrons. The van der Waals surface area contributed by atoms with Crippen LogP contribution in [0, 0.1) is 17.3 Å². The van der Waals surface area contributed by atoms with Gasteiger partial charge in [0.05, 0.1) is 3.39 Å². The average molecular weight is 296 g/mol. The fraction of sp³-hybridized carbons (Fsp3) is 0.800. The Morgan fingerprint density at radius 1 is 1.33 bits per heavy atom. The molecule has 0 saturated heterocycles. The van der Waals surface area contributed by atoms with Crippen molar-refractivity contribution >= 4 is 31.9 Å². The molecular formula is C10H16Br2. The first-order chi connectivity index (χ1) is 5.44. The minimum atomic E-state index is 0.465. The van der Waals surface area contributed by atoms with E-state index in [4.69, 9.17) is 0 Å². The molecule has 1 unspecified atom stereocenters. The van der Waals surface area contributed by atoms with Crippen molar-refractivity contribution in [2.45, 2.75) is 33.6 Å². The molecular weight excluding hydrogens is 280 g/mol. The fourth-order valence-corrected chi connectivity index (χ4v) is 2.63. The predicted molar refractivity (Wildman–Crippen MR) is 61.6 cm³/mol. The Morgan fingerprint density at radius 2 is 1.92 bits per heavy atom. The van der Waals surface area contributed by atoms with Gasteiger partial charge < -0.3 is 0 Å². The lowest BCUT2D eigenvalue weighted by Gasteiger charge is -2.29. The van der Waals surface area contributed by atoms with Crippen LogP contribution in [-0.4, -0.2) is 0 Å². The van der Waals surface area contributed by atoms with Crippen LogP contribution >= 0.6 is 31.9 Å². The third-order valence-corrected chi connectivity index (χ3v) is 3.99. The molecule has 12 heavy (non-hydrogen) atoms. The lowest BCUT2D eigenvalue weighted by Crippen LogP contribution is -2.21. The van der Waals surface area contributed by atoms with Gasteiger partial charge in [0.2, 0.25) is 0 Å². The first-order valence-corrected chi connectivity index (χ1v) is 6.06. The molecule has 0 spiro atoms. The van der Waals surface area contributed by atoms with Gasteiger partial charge in [-0.15, -0.1) is 0 Å². The van der Waals surface area contributed by atoms with Gasteiger partial charge in [-0.1, -0.05) is 26.8 Å². The van der Waals surface area contributed by atoms with E-state index in [1.54, 1.807) is 0 Å². The SMILES string of the molecule is CC1CC[C@H](C=C(Br)Br)C1(C)C. The zero-order chi connectivity index (χ0) is 9.35. The molecule has 1 aliphatic carbocycles. The molecule has 1 rings (SSSR count). The van der Waals surface area contributed by atoms with Crippen molar-refractivity contribution in [3.63, 3.8) is 0 Å². The smallest absolute Gasteiger partial charge is 0.0567 e. The van der Waals surface area contributed by atoms with E-state index in [1.165, 1.54) is 12.8 Å². The lowest BCUT2D eigenvalue weighted by atomic mass is 9.76. The second kappa shape index (κ2) is 3.83. The van der Waals surface area contributed by atoms with Crippen molar-refractivity contribution in [3.05, 3.63) is 9.47 Å². The monoisotopic (exact) mass is 294 g/mol. The highest BCUT2D eigenvalue weighted by Gasteiger charge is 2.38. The van der Waals surface area contributed by atoms with E-state index in [0.717, 1.165) is 15.2 Å². The lowest BCUT2D eigenvalue weighted by molar-refractivity contribution is 0.232. The van der Waals surface area contributed by atoms with Gasteiger partial charge in [0.25, 0.3) is 0 Å². The topological polar surface area (TPSA) is 0 Å². The Kier molecular flexibility index (Phi) is 3.44. The second-order valence-electron chi connectivity index (χ2n) is 4.36. The molecule has 1 saturated carbocycles. The highest BCUT2D eigenvalue weighted by molar-refractivity contribution is 9.28. The summed E-state index contributed by atoms with van der Waals surface area (Å²) in [6, 6.07) is 0. The summed E-state index contributed by atoms with van der Waals surface area (Å²) in [6.07, 6.45) is 4.99. The van der Waals surface area contributed by atoms with E-state index in [9.17, 15) is 0 Å². The summed E-state index contributed by atoms with van der Waals surface area (Å²) in [7, 11) is 0. The Hall–Kier alpha value is 0.700. The number of hydrogen-bond acceptors (Lipinski definition) is 0. The van der Waals surface area contributed by atoms with E-state index in [1.807, 2.05) is 0 Å². The summed E-state index contributed by atoms with van der Waals surface area (Å²) in [6.45, 7) is 7.10. The minimum absolute atomic E-state index is 0.465. The largest absolute Gasteiger partial charge is 0.0620 e. The summed E-state index contributed by atoms with van der Waals surface area (Å²) in [5.74, 6) is 1.57. The molecule has 0 aliphatic heterocycles. The van der Waals surface area contributed by atoms with Crippen molar-refractivity contribution in [3.8, 4) is 0 Å². The molecule has 2 heteroatoms. The molecule has 2 atom stereocenters. The maximum Gasteiger partial charge on any atom is 0.0567 e. The van der Waals surface area contributed by atoms with Crippen molar-refractivity contribution in [1.82, 2.24) is 0 Å². The first-order valence-electron chi connectivity index (χ1n) is 4.47. The van der Waals surface area contributed by atoms with Gasteiger partial charge in [0, 0.05) is 0 Å². The summed E-state index contributed by atoms with van der Waals surface area (Å²) in [4.78, 5) is 0. The van der Waals surface area contributed by atoms with E-state index in [2.05, 4.69) is 58.7 Å². The Morgan fingerprint density at radius 3 is 2.25 bits per heavy atom. The van der Waals surface area contributed by atoms with Gasteiger partial charge in [-0.2, -0.15) is 0 Å². The summed E-state index contributed by atoms with van der Waals surface area (Å²) in [5.41, 5.74) is 0.465. The molecule has 0 aromatic heterocycles. The fourth-order valence-electron chi connectivity index (χ4n) is 1.99. The highest BCUT2D eigenvalue weighted by Crippen LogP contribution is 2.48. The second-order valence-corrected chi connectivity index (χ2v) is 7.14. The van der Waals surface area contributed by atoms with Gasteiger partial charge in [0.1, 0.15) is 0 Å². The molecule has 1 aliphatic rings. The van der Waals surface area contributed by atoms with Crippen LogP contribution in [0.5, 0.6) is 0 Å². The van der Waals surface area contributed by atoms with Crippen molar-refractivity contribution < 1.29 is 0 Å². The number of allylic oxidation sites excluding steroid dienone is 1. The molecule has 0 aromatic rings. The number of rotatable bonds is 1. The van der Waals surface area contributed by atoms with Crippen molar-refractivity contribution in [2.24, 2.45) is 17.3 Å². The molecule has 0 amide bonds. The van der Waals surface area contributed by atoms with Crippen LogP contribution < -0.4 is 0 Å². The zero-order valence-corrected chi connectivity index (χ0v) is 11.1. The van der Waals surface area contributed by atoms with Crippen LogP contribution in [0.1, 0.15) is 33.6 Å². The molecule has 0 aromatic carbocycles. The van der Waals surface area contributed by atoms with Crippen LogP contribution in [0.3, 0.4) is 0 Å². The maximum absolute atomic E-state index is 3.43. The van der Waals surface area contributed by atoms with Crippen LogP contribution in [0.25, 0.3) is 0 Å². The number of hydrogen-bond donors (Lipinski definition) is 0. The van der Waals surface area contributed by atoms with E-state index in [-0.39, 0.29) is 0 Å². The quantitative estimate of drug-likeness (QED) is 0.658. The number of halogens is 2. The molecule has 0 bridgehead atoms. The first kappa shape index (κ1) is 10.8. The van der Waals surface area contributed by atoms with Gasteiger partial charge in [-0.25, -0.2) is 0 Å². The minimum Gasteiger partial charge on any atom is -0.0620 e. The van der Waals surface area contributed by atoms with Crippen LogP contribution in [0.4, 0.5) is 0 Å². The van der Waals surface area contributed by atoms with Crippen LogP contribution in [0.15, 0.2) is 9.47 Å². The molecule has 0 nitrogen and oxygen atoms in total. The standard InChI is InChI=1S/C10H16Br2/c1-7-4-5-8(6-9(11)12)10(7,2)3/h6-8H,4-5H2,1-3H3/t7?,8-/m1/s1. The summed E-state index contributed by atoms with van der Waals surface area (Å²) >= 11 is 6.87. The summed E-state index contributed by atoms with van der Waals surface area (Å²) in [5, 5.41) is 0. The molecule has 1 fully saturated rings. The highest BCUT2D eigenvalue weighted by atomic mass is 79.9. The molecule has 0 heterocycles. The normalized spacial score (nSPS) is 33.4.